The third-order valence-corrected chi connectivity index (χ3v) is 5.26. The van der Waals surface area contributed by atoms with E-state index in [0.717, 1.165) is 18.9 Å². The van der Waals surface area contributed by atoms with E-state index < -0.39 is 0 Å². The van der Waals surface area contributed by atoms with Crippen molar-refractivity contribution in [2.45, 2.75) is 6.92 Å². The van der Waals surface area contributed by atoms with Crippen LogP contribution in [0.3, 0.4) is 0 Å². The predicted octanol–water partition coefficient (Wildman–Crippen LogP) is 0.700. The highest BCUT2D eigenvalue weighted by Crippen LogP contribution is 2.19. The van der Waals surface area contributed by atoms with E-state index in [9.17, 15) is 9.59 Å². The smallest absolute Gasteiger partial charge is 0.289 e. The molecule has 2 fully saturated rings. The molecule has 0 spiro atoms. The molecule has 0 saturated carbocycles. The van der Waals surface area contributed by atoms with Gasteiger partial charge in [0.05, 0.1) is 6.26 Å². The van der Waals surface area contributed by atoms with E-state index in [-0.39, 0.29) is 11.8 Å². The first-order valence-corrected chi connectivity index (χ1v) is 9.53. The lowest BCUT2D eigenvalue weighted by Crippen LogP contribution is -2.49. The minimum atomic E-state index is -0.0728. The van der Waals surface area contributed by atoms with Crippen molar-refractivity contribution >= 4 is 23.6 Å². The molecule has 4 rings (SSSR count). The maximum atomic E-state index is 12.4. The average Bonchev–Trinajstić information content (AvgIpc) is 3.28. The number of rotatable bonds is 3. The summed E-state index contributed by atoms with van der Waals surface area (Å²) in [5.74, 6) is 1.97. The molecule has 0 radical (unpaired) electrons. The van der Waals surface area contributed by atoms with Gasteiger partial charge in [-0.25, -0.2) is 4.98 Å². The minimum Gasteiger partial charge on any atom is -0.459 e. The summed E-state index contributed by atoms with van der Waals surface area (Å²) in [5.41, 5.74) is 0. The molecule has 2 aliphatic rings. The van der Waals surface area contributed by atoms with Gasteiger partial charge in [-0.3, -0.25) is 9.59 Å². The molecular weight excluding hydrogens is 360 g/mol. The van der Waals surface area contributed by atoms with Gasteiger partial charge in [-0.1, -0.05) is 0 Å². The Morgan fingerprint density at radius 1 is 0.929 bits per heavy atom. The largest absolute Gasteiger partial charge is 0.459 e. The van der Waals surface area contributed by atoms with Crippen LogP contribution in [0.2, 0.25) is 0 Å². The van der Waals surface area contributed by atoms with Gasteiger partial charge in [0.2, 0.25) is 11.9 Å². The lowest BCUT2D eigenvalue weighted by Gasteiger charge is -2.36. The van der Waals surface area contributed by atoms with Gasteiger partial charge in [-0.05, 0) is 18.2 Å². The third kappa shape index (κ3) is 3.78. The summed E-state index contributed by atoms with van der Waals surface area (Å²) in [6.07, 6.45) is 3.29. The summed E-state index contributed by atoms with van der Waals surface area (Å²) in [5, 5.41) is 0. The number of furan rings is 1. The summed E-state index contributed by atoms with van der Waals surface area (Å²) in [7, 11) is 0. The van der Waals surface area contributed by atoms with Gasteiger partial charge in [-0.15, -0.1) is 0 Å². The van der Waals surface area contributed by atoms with E-state index in [0.29, 0.717) is 51.0 Å². The molecule has 2 aliphatic heterocycles. The normalized spacial score (nSPS) is 17.8. The second kappa shape index (κ2) is 7.87. The number of carbonyl (C=O) groups is 2. The first-order valence-electron chi connectivity index (χ1n) is 9.53. The topological polar surface area (TPSA) is 86.0 Å². The summed E-state index contributed by atoms with van der Waals surface area (Å²) in [4.78, 5) is 40.9. The molecule has 0 aromatic carbocycles. The molecule has 0 N–H and O–H groups in total. The number of hydrogen-bond donors (Lipinski definition) is 0. The molecule has 0 unspecified atom stereocenters. The van der Waals surface area contributed by atoms with Crippen LogP contribution in [0.5, 0.6) is 0 Å². The molecule has 148 valence electrons. The fraction of sp³-hybridized carbons (Fsp3) is 0.474. The second-order valence-corrected chi connectivity index (χ2v) is 6.96. The molecule has 9 heteroatoms. The summed E-state index contributed by atoms with van der Waals surface area (Å²) in [6, 6.07) is 5.32. The van der Waals surface area contributed by atoms with Gasteiger partial charge in [0.1, 0.15) is 5.82 Å². The van der Waals surface area contributed by atoms with Crippen LogP contribution in [0.1, 0.15) is 17.5 Å². The second-order valence-electron chi connectivity index (χ2n) is 6.96. The van der Waals surface area contributed by atoms with Crippen molar-refractivity contribution in [3.05, 3.63) is 36.4 Å². The number of piperazine rings is 2. The fourth-order valence-corrected chi connectivity index (χ4v) is 3.58. The molecule has 4 heterocycles. The van der Waals surface area contributed by atoms with Gasteiger partial charge in [-0.2, -0.15) is 4.98 Å². The minimum absolute atomic E-state index is 0.0728. The Kier molecular flexibility index (Phi) is 5.14. The Labute approximate surface area is 163 Å². The van der Waals surface area contributed by atoms with Crippen LogP contribution in [-0.2, 0) is 4.79 Å². The number of carbonyl (C=O) groups excluding carboxylic acids is 2. The Bertz CT molecular complexity index is 824. The zero-order valence-electron chi connectivity index (χ0n) is 16.0. The molecule has 2 aromatic heterocycles. The zero-order valence-corrected chi connectivity index (χ0v) is 16.0. The maximum Gasteiger partial charge on any atom is 0.289 e. The van der Waals surface area contributed by atoms with Crippen molar-refractivity contribution in [2.24, 2.45) is 0 Å². The van der Waals surface area contributed by atoms with E-state index in [4.69, 9.17) is 9.40 Å². The molecule has 2 amide bonds. The van der Waals surface area contributed by atoms with Gasteiger partial charge in [0.15, 0.2) is 5.76 Å². The van der Waals surface area contributed by atoms with Gasteiger partial charge in [0, 0.05) is 65.5 Å². The zero-order chi connectivity index (χ0) is 19.5. The quantitative estimate of drug-likeness (QED) is 0.770. The molecule has 2 aromatic rings. The van der Waals surface area contributed by atoms with Crippen molar-refractivity contribution in [3.63, 3.8) is 0 Å². The Balaban J connectivity index is 1.36. The van der Waals surface area contributed by atoms with Gasteiger partial charge >= 0.3 is 0 Å². The van der Waals surface area contributed by atoms with E-state index in [1.54, 1.807) is 30.2 Å². The summed E-state index contributed by atoms with van der Waals surface area (Å²) < 4.78 is 5.21. The monoisotopic (exact) mass is 384 g/mol. The van der Waals surface area contributed by atoms with E-state index in [2.05, 4.69) is 14.8 Å². The predicted molar refractivity (Wildman–Crippen MR) is 103 cm³/mol. The standard InChI is InChI=1S/C19H24N6O3/c1-15(26)22-6-12-25(13-7-22)19-20-5-4-17(21-19)23-8-10-24(11-9-23)18(27)16-3-2-14-28-16/h2-5,14H,6-13H2,1H3. The lowest BCUT2D eigenvalue weighted by molar-refractivity contribution is -0.129. The third-order valence-electron chi connectivity index (χ3n) is 5.26. The number of aromatic nitrogens is 2. The van der Waals surface area contributed by atoms with E-state index in [1.165, 1.54) is 6.26 Å². The Morgan fingerprint density at radius 2 is 1.61 bits per heavy atom. The number of nitrogens with zero attached hydrogens (tertiary/aromatic N) is 6. The highest BCUT2D eigenvalue weighted by atomic mass is 16.3. The molecule has 0 aliphatic carbocycles. The number of anilines is 2. The van der Waals surface area contributed by atoms with Crippen LogP contribution in [0.15, 0.2) is 35.1 Å². The molecule has 9 nitrogen and oxygen atoms in total. The van der Waals surface area contributed by atoms with Crippen LogP contribution < -0.4 is 9.80 Å². The molecule has 2 saturated heterocycles. The van der Waals surface area contributed by atoms with Crippen molar-refractivity contribution in [1.29, 1.82) is 0 Å². The highest BCUT2D eigenvalue weighted by Gasteiger charge is 2.25. The van der Waals surface area contributed by atoms with Crippen LogP contribution in [0, 0.1) is 0 Å². The first kappa shape index (κ1) is 18.3. The van der Waals surface area contributed by atoms with Crippen molar-refractivity contribution in [1.82, 2.24) is 19.8 Å². The van der Waals surface area contributed by atoms with Crippen LogP contribution in [0.4, 0.5) is 11.8 Å². The Hall–Kier alpha value is -3.10. The fourth-order valence-electron chi connectivity index (χ4n) is 3.58. The van der Waals surface area contributed by atoms with Crippen LogP contribution in [0.25, 0.3) is 0 Å². The van der Waals surface area contributed by atoms with Crippen molar-refractivity contribution in [3.8, 4) is 0 Å². The van der Waals surface area contributed by atoms with Crippen LogP contribution >= 0.6 is 0 Å². The maximum absolute atomic E-state index is 12.4. The highest BCUT2D eigenvalue weighted by molar-refractivity contribution is 5.91. The molecule has 0 bridgehead atoms. The Morgan fingerprint density at radius 3 is 2.25 bits per heavy atom. The number of amides is 2. The molecule has 28 heavy (non-hydrogen) atoms. The summed E-state index contributed by atoms with van der Waals surface area (Å²) in [6.45, 7) is 7.10. The average molecular weight is 384 g/mol. The van der Waals surface area contributed by atoms with Crippen molar-refractivity contribution in [2.75, 3.05) is 62.2 Å². The SMILES string of the molecule is CC(=O)N1CCN(c2nccc(N3CCN(C(=O)c4ccco4)CC3)n2)CC1. The van der Waals surface area contributed by atoms with E-state index in [1.807, 2.05) is 11.0 Å². The van der Waals surface area contributed by atoms with Crippen LogP contribution in [-0.4, -0.2) is 83.9 Å². The van der Waals surface area contributed by atoms with Gasteiger partial charge in [0.25, 0.3) is 5.91 Å². The molecular formula is C19H24N6O3. The lowest BCUT2D eigenvalue weighted by atomic mass is 10.3. The number of hydrogen-bond acceptors (Lipinski definition) is 7. The first-order chi connectivity index (χ1) is 13.6. The van der Waals surface area contributed by atoms with Gasteiger partial charge < -0.3 is 24.0 Å². The van der Waals surface area contributed by atoms with E-state index >= 15 is 0 Å². The molecule has 0 atom stereocenters. The summed E-state index contributed by atoms with van der Waals surface area (Å²) >= 11 is 0. The van der Waals surface area contributed by atoms with Crippen molar-refractivity contribution < 1.29 is 14.0 Å².